The molecule has 1 amide bonds. The first-order valence-corrected chi connectivity index (χ1v) is 10.6. The van der Waals surface area contributed by atoms with Crippen molar-refractivity contribution in [2.45, 2.75) is 38.6 Å². The van der Waals surface area contributed by atoms with E-state index < -0.39 is 28.5 Å². The van der Waals surface area contributed by atoms with Crippen LogP contribution in [0.5, 0.6) is 0 Å². The van der Waals surface area contributed by atoms with Crippen LogP contribution in [0, 0.1) is 13.8 Å². The highest BCUT2D eigenvalue weighted by Crippen LogP contribution is 2.18. The van der Waals surface area contributed by atoms with E-state index in [9.17, 15) is 18.0 Å². The first-order valence-electron chi connectivity index (χ1n) is 9.14. The van der Waals surface area contributed by atoms with Crippen molar-refractivity contribution >= 4 is 27.6 Å². The van der Waals surface area contributed by atoms with Crippen LogP contribution in [0.4, 0.5) is 5.69 Å². The molecule has 8 heteroatoms. The third-order valence-electron chi connectivity index (χ3n) is 4.31. The van der Waals surface area contributed by atoms with Crippen LogP contribution < -0.4 is 5.32 Å². The van der Waals surface area contributed by atoms with E-state index in [0.717, 1.165) is 11.1 Å². The molecule has 0 saturated heterocycles. The number of carbonyl (C=O) groups is 2. The van der Waals surface area contributed by atoms with E-state index in [4.69, 9.17) is 4.74 Å². The molecular weight excluding hydrogens is 392 g/mol. The van der Waals surface area contributed by atoms with Gasteiger partial charge in [-0.3, -0.25) is 4.79 Å². The molecule has 1 N–H and O–H groups in total. The van der Waals surface area contributed by atoms with Crippen LogP contribution in [0.25, 0.3) is 0 Å². The van der Waals surface area contributed by atoms with Crippen LogP contribution in [-0.2, 0) is 19.6 Å². The zero-order valence-electron chi connectivity index (χ0n) is 17.2. The van der Waals surface area contributed by atoms with Crippen molar-refractivity contribution in [3.63, 3.8) is 0 Å². The van der Waals surface area contributed by atoms with Gasteiger partial charge in [0.05, 0.1) is 10.5 Å². The molecule has 0 spiro atoms. The minimum Gasteiger partial charge on any atom is -0.452 e. The number of esters is 1. The molecule has 0 aliphatic carbocycles. The second kappa shape index (κ2) is 9.19. The number of aryl methyl sites for hydroxylation is 2. The average Bonchev–Trinajstić information content (AvgIpc) is 2.64. The van der Waals surface area contributed by atoms with E-state index in [0.29, 0.717) is 5.69 Å². The van der Waals surface area contributed by atoms with Crippen molar-refractivity contribution in [2.24, 2.45) is 0 Å². The predicted molar refractivity (Wildman–Crippen MR) is 111 cm³/mol. The van der Waals surface area contributed by atoms with Gasteiger partial charge in [0.25, 0.3) is 5.91 Å². The second-order valence-corrected chi connectivity index (χ2v) is 9.14. The van der Waals surface area contributed by atoms with E-state index >= 15 is 0 Å². The smallest absolute Gasteiger partial charge is 0.338 e. The molecule has 0 fully saturated rings. The van der Waals surface area contributed by atoms with Crippen molar-refractivity contribution in [1.82, 2.24) is 4.31 Å². The van der Waals surface area contributed by atoms with Crippen LogP contribution in [0.1, 0.15) is 35.3 Å². The maximum Gasteiger partial charge on any atom is 0.338 e. The quantitative estimate of drug-likeness (QED) is 0.698. The Morgan fingerprint density at radius 3 is 2.28 bits per heavy atom. The number of carbonyl (C=O) groups excluding carboxylic acids is 2. The predicted octanol–water partition coefficient (Wildman–Crippen LogP) is 3.13. The Kier molecular flexibility index (Phi) is 7.16. The Balaban J connectivity index is 2.05. The number of anilines is 1. The molecule has 2 rings (SSSR count). The Morgan fingerprint density at radius 2 is 1.69 bits per heavy atom. The normalized spacial score (nSPS) is 11.6. The van der Waals surface area contributed by atoms with Crippen LogP contribution in [0.3, 0.4) is 0 Å². The molecule has 0 atom stereocenters. The van der Waals surface area contributed by atoms with Crippen molar-refractivity contribution in [3.05, 3.63) is 59.2 Å². The zero-order valence-corrected chi connectivity index (χ0v) is 18.0. The van der Waals surface area contributed by atoms with Crippen LogP contribution in [0.2, 0.25) is 0 Å². The van der Waals surface area contributed by atoms with E-state index in [1.54, 1.807) is 13.8 Å². The maximum absolute atomic E-state index is 12.6. The van der Waals surface area contributed by atoms with Gasteiger partial charge in [-0.1, -0.05) is 12.1 Å². The fourth-order valence-electron chi connectivity index (χ4n) is 2.69. The lowest BCUT2D eigenvalue weighted by Gasteiger charge is -2.21. The number of benzene rings is 2. The lowest BCUT2D eigenvalue weighted by Crippen LogP contribution is -2.33. The minimum absolute atomic E-state index is 0.0113. The monoisotopic (exact) mass is 418 g/mol. The summed E-state index contributed by atoms with van der Waals surface area (Å²) in [5, 5.41) is 2.67. The number of ether oxygens (including phenoxy) is 1. The van der Waals surface area contributed by atoms with Crippen LogP contribution >= 0.6 is 0 Å². The molecule has 0 aliphatic heterocycles. The van der Waals surface area contributed by atoms with E-state index in [1.807, 2.05) is 32.0 Å². The first kappa shape index (κ1) is 22.6. The standard InChI is InChI=1S/C21H26N2O5S/c1-14(2)23(5)29(26,27)19-8-6-7-17(12-19)21(25)28-13-20(24)22-18-10-15(3)9-16(4)11-18/h6-12,14H,13H2,1-5H3,(H,22,24). The lowest BCUT2D eigenvalue weighted by molar-refractivity contribution is -0.119. The maximum atomic E-state index is 12.6. The number of hydrogen-bond acceptors (Lipinski definition) is 5. The number of rotatable bonds is 7. The van der Waals surface area contributed by atoms with Crippen LogP contribution in [-0.4, -0.2) is 44.3 Å². The number of hydrogen-bond donors (Lipinski definition) is 1. The third kappa shape index (κ3) is 5.88. The van der Waals surface area contributed by atoms with Gasteiger partial charge in [-0.15, -0.1) is 0 Å². The minimum atomic E-state index is -3.73. The second-order valence-electron chi connectivity index (χ2n) is 7.14. The molecule has 0 unspecified atom stereocenters. The molecule has 0 radical (unpaired) electrons. The molecule has 7 nitrogen and oxygen atoms in total. The molecule has 0 bridgehead atoms. The Morgan fingerprint density at radius 1 is 1.07 bits per heavy atom. The number of nitrogens with zero attached hydrogens (tertiary/aromatic N) is 1. The van der Waals surface area contributed by atoms with Crippen molar-refractivity contribution in [3.8, 4) is 0 Å². The summed E-state index contributed by atoms with van der Waals surface area (Å²) in [7, 11) is -2.25. The van der Waals surface area contributed by atoms with Crippen LogP contribution in [0.15, 0.2) is 47.4 Å². The Hall–Kier alpha value is -2.71. The van der Waals surface area contributed by atoms with Crippen molar-refractivity contribution in [1.29, 1.82) is 0 Å². The number of amides is 1. The molecule has 0 saturated carbocycles. The molecule has 2 aromatic rings. The summed E-state index contributed by atoms with van der Waals surface area (Å²) in [5.74, 6) is -1.25. The fraction of sp³-hybridized carbons (Fsp3) is 0.333. The fourth-order valence-corrected chi connectivity index (χ4v) is 4.10. The van der Waals surface area contributed by atoms with Crippen molar-refractivity contribution in [2.75, 3.05) is 19.0 Å². The van der Waals surface area contributed by atoms with E-state index in [2.05, 4.69) is 5.32 Å². The van der Waals surface area contributed by atoms with Gasteiger partial charge in [-0.2, -0.15) is 4.31 Å². The first-order chi connectivity index (χ1) is 13.5. The Labute approximate surface area is 171 Å². The highest BCUT2D eigenvalue weighted by atomic mass is 32.2. The van der Waals surface area contributed by atoms with E-state index in [1.165, 1.54) is 35.6 Å². The van der Waals surface area contributed by atoms with Gasteiger partial charge in [0.2, 0.25) is 10.0 Å². The third-order valence-corrected chi connectivity index (χ3v) is 6.34. The van der Waals surface area contributed by atoms with Gasteiger partial charge in [0, 0.05) is 18.8 Å². The summed E-state index contributed by atoms with van der Waals surface area (Å²) in [5.41, 5.74) is 2.68. The number of sulfonamides is 1. The van der Waals surface area contributed by atoms with Gasteiger partial charge < -0.3 is 10.1 Å². The summed E-state index contributed by atoms with van der Waals surface area (Å²) in [6.07, 6.45) is 0. The summed E-state index contributed by atoms with van der Waals surface area (Å²) in [4.78, 5) is 24.3. The van der Waals surface area contributed by atoms with Gasteiger partial charge >= 0.3 is 5.97 Å². The Bertz CT molecular complexity index is 995. The summed E-state index contributed by atoms with van der Waals surface area (Å²) < 4.78 is 31.4. The lowest BCUT2D eigenvalue weighted by atomic mass is 10.1. The summed E-state index contributed by atoms with van der Waals surface area (Å²) in [6, 6.07) is 10.9. The molecule has 0 heterocycles. The molecule has 0 aromatic heterocycles. The molecule has 29 heavy (non-hydrogen) atoms. The highest BCUT2D eigenvalue weighted by Gasteiger charge is 2.24. The molecule has 156 valence electrons. The summed E-state index contributed by atoms with van der Waals surface area (Å²) in [6.45, 7) is 6.86. The summed E-state index contributed by atoms with van der Waals surface area (Å²) >= 11 is 0. The SMILES string of the molecule is Cc1cc(C)cc(NC(=O)COC(=O)c2cccc(S(=O)(=O)N(C)C(C)C)c2)c1. The zero-order chi connectivity index (χ0) is 21.8. The van der Waals surface area contributed by atoms with Gasteiger partial charge in [0.15, 0.2) is 6.61 Å². The highest BCUT2D eigenvalue weighted by molar-refractivity contribution is 7.89. The molecule has 0 aliphatic rings. The van der Waals surface area contributed by atoms with E-state index in [-0.39, 0.29) is 16.5 Å². The van der Waals surface area contributed by atoms with Crippen molar-refractivity contribution < 1.29 is 22.7 Å². The topological polar surface area (TPSA) is 92.8 Å². The average molecular weight is 419 g/mol. The molecule has 2 aromatic carbocycles. The van der Waals surface area contributed by atoms with Gasteiger partial charge in [0.1, 0.15) is 0 Å². The van der Waals surface area contributed by atoms with Gasteiger partial charge in [-0.05, 0) is 69.2 Å². The molecular formula is C21H26N2O5S. The largest absolute Gasteiger partial charge is 0.452 e. The van der Waals surface area contributed by atoms with Gasteiger partial charge in [-0.25, -0.2) is 13.2 Å². The number of nitrogens with one attached hydrogen (secondary N) is 1.